The zero-order chi connectivity index (χ0) is 21.8. The fourth-order valence-electron chi connectivity index (χ4n) is 2.85. The van der Waals surface area contributed by atoms with Gasteiger partial charge in [0.1, 0.15) is 5.70 Å². The highest BCUT2D eigenvalue weighted by Gasteiger charge is 2.21. The Labute approximate surface area is 171 Å². The Morgan fingerprint density at radius 1 is 1.20 bits per heavy atom. The minimum absolute atomic E-state index is 0.0226. The van der Waals surface area contributed by atoms with Gasteiger partial charge in [-0.15, -0.1) is 0 Å². The van der Waals surface area contributed by atoms with E-state index in [-0.39, 0.29) is 17.1 Å². The SMILES string of the molecule is COc1c(C=NNC(=O)/C=C2/Nc3cc(C)c(C)cc3NC2=O)cccc1[N+](=O)[O-]. The quantitative estimate of drug-likeness (QED) is 0.301. The number of hydrazone groups is 1. The summed E-state index contributed by atoms with van der Waals surface area (Å²) in [6.07, 6.45) is 2.30. The molecule has 0 aromatic heterocycles. The van der Waals surface area contributed by atoms with Gasteiger partial charge >= 0.3 is 5.69 Å². The summed E-state index contributed by atoms with van der Waals surface area (Å²) in [5.74, 6) is -1.08. The normalized spacial score (nSPS) is 14.1. The molecule has 0 spiro atoms. The maximum atomic E-state index is 12.2. The van der Waals surface area contributed by atoms with E-state index in [1.807, 2.05) is 26.0 Å². The smallest absolute Gasteiger partial charge is 0.311 e. The van der Waals surface area contributed by atoms with E-state index in [0.29, 0.717) is 16.9 Å². The van der Waals surface area contributed by atoms with Crippen LogP contribution in [-0.4, -0.2) is 30.1 Å². The average molecular weight is 409 g/mol. The van der Waals surface area contributed by atoms with Crippen molar-refractivity contribution >= 4 is 35.1 Å². The lowest BCUT2D eigenvalue weighted by Gasteiger charge is -2.22. The molecule has 2 aromatic rings. The van der Waals surface area contributed by atoms with E-state index in [2.05, 4.69) is 21.2 Å². The van der Waals surface area contributed by atoms with Crippen molar-refractivity contribution in [3.63, 3.8) is 0 Å². The van der Waals surface area contributed by atoms with Crippen LogP contribution >= 0.6 is 0 Å². The molecule has 10 nitrogen and oxygen atoms in total. The number of carbonyl (C=O) groups is 2. The number of nitrogens with zero attached hydrogens (tertiary/aromatic N) is 2. The second kappa shape index (κ2) is 8.43. The zero-order valence-electron chi connectivity index (χ0n) is 16.5. The number of ether oxygens (including phenoxy) is 1. The summed E-state index contributed by atoms with van der Waals surface area (Å²) in [6, 6.07) is 8.06. The summed E-state index contributed by atoms with van der Waals surface area (Å²) < 4.78 is 5.06. The van der Waals surface area contributed by atoms with Crippen molar-refractivity contribution in [2.24, 2.45) is 5.10 Å². The van der Waals surface area contributed by atoms with Crippen molar-refractivity contribution < 1.29 is 19.2 Å². The van der Waals surface area contributed by atoms with Crippen LogP contribution < -0.4 is 20.8 Å². The number of nitrogens with one attached hydrogen (secondary N) is 3. The largest absolute Gasteiger partial charge is 0.490 e. The molecule has 0 unspecified atom stereocenters. The molecule has 0 aliphatic carbocycles. The molecule has 0 saturated carbocycles. The summed E-state index contributed by atoms with van der Waals surface area (Å²) in [4.78, 5) is 34.9. The Morgan fingerprint density at radius 3 is 2.50 bits per heavy atom. The number of anilines is 2. The van der Waals surface area contributed by atoms with Crippen LogP contribution in [0.5, 0.6) is 5.75 Å². The second-order valence-corrected chi connectivity index (χ2v) is 6.51. The molecule has 0 bridgehead atoms. The standard InChI is InChI=1S/C20H19N5O5/c1-11-7-14-15(8-12(11)2)23-20(27)16(22-14)9-18(26)24-21-10-13-5-4-6-17(25(28)29)19(13)30-3/h4-10,22H,1-3H3,(H,23,27)(H,24,26)/b16-9+,21-10?. The van der Waals surface area contributed by atoms with Gasteiger partial charge in [-0.25, -0.2) is 5.43 Å². The minimum Gasteiger partial charge on any atom is -0.490 e. The molecule has 3 N–H and O–H groups in total. The number of para-hydroxylation sites is 1. The van der Waals surface area contributed by atoms with Gasteiger partial charge in [0, 0.05) is 17.7 Å². The van der Waals surface area contributed by atoms with Gasteiger partial charge < -0.3 is 15.4 Å². The van der Waals surface area contributed by atoms with Crippen molar-refractivity contribution in [3.8, 4) is 5.75 Å². The molecule has 0 atom stereocenters. The predicted molar refractivity (Wildman–Crippen MR) is 112 cm³/mol. The molecule has 10 heteroatoms. The van der Waals surface area contributed by atoms with Crippen LogP contribution in [0.4, 0.5) is 17.1 Å². The molecule has 3 rings (SSSR count). The molecular weight excluding hydrogens is 390 g/mol. The van der Waals surface area contributed by atoms with Crippen LogP contribution in [0.3, 0.4) is 0 Å². The summed E-state index contributed by atoms with van der Waals surface area (Å²) >= 11 is 0. The summed E-state index contributed by atoms with van der Waals surface area (Å²) in [5, 5.41) is 20.5. The number of benzene rings is 2. The lowest BCUT2D eigenvalue weighted by molar-refractivity contribution is -0.385. The Balaban J connectivity index is 1.74. The Morgan fingerprint density at radius 2 is 1.87 bits per heavy atom. The third-order valence-corrected chi connectivity index (χ3v) is 4.48. The lowest BCUT2D eigenvalue weighted by atomic mass is 10.1. The number of nitro groups is 1. The first-order chi connectivity index (χ1) is 14.3. The average Bonchev–Trinajstić information content (AvgIpc) is 2.70. The molecule has 1 aliphatic heterocycles. The molecule has 1 heterocycles. The van der Waals surface area contributed by atoms with Gasteiger partial charge in [0.2, 0.25) is 5.75 Å². The molecule has 0 saturated heterocycles. The molecule has 2 amide bonds. The molecule has 30 heavy (non-hydrogen) atoms. The summed E-state index contributed by atoms with van der Waals surface area (Å²) in [5.41, 5.74) is 5.80. The van der Waals surface area contributed by atoms with Gasteiger partial charge in [0.05, 0.1) is 29.6 Å². The van der Waals surface area contributed by atoms with Gasteiger partial charge in [-0.1, -0.05) is 6.07 Å². The first kappa shape index (κ1) is 20.5. The number of rotatable bonds is 5. The van der Waals surface area contributed by atoms with Gasteiger partial charge in [0.25, 0.3) is 11.8 Å². The number of methoxy groups -OCH3 is 1. The number of fused-ring (bicyclic) bond motifs is 1. The molecular formula is C20H19N5O5. The summed E-state index contributed by atoms with van der Waals surface area (Å²) in [7, 11) is 1.30. The van der Waals surface area contributed by atoms with Crippen molar-refractivity contribution in [3.05, 3.63) is 68.9 Å². The van der Waals surface area contributed by atoms with E-state index in [1.54, 1.807) is 6.07 Å². The molecule has 2 aromatic carbocycles. The van der Waals surface area contributed by atoms with E-state index in [9.17, 15) is 19.7 Å². The van der Waals surface area contributed by atoms with Crippen molar-refractivity contribution in [1.82, 2.24) is 5.43 Å². The van der Waals surface area contributed by atoms with E-state index < -0.39 is 16.7 Å². The van der Waals surface area contributed by atoms with E-state index >= 15 is 0 Å². The second-order valence-electron chi connectivity index (χ2n) is 6.51. The Bertz CT molecular complexity index is 1110. The van der Waals surface area contributed by atoms with Crippen molar-refractivity contribution in [2.75, 3.05) is 17.7 Å². The monoisotopic (exact) mass is 409 g/mol. The van der Waals surface area contributed by atoms with Gasteiger partial charge in [-0.05, 0) is 43.2 Å². The van der Waals surface area contributed by atoms with Crippen LogP contribution in [0, 0.1) is 24.0 Å². The van der Waals surface area contributed by atoms with Crippen LogP contribution in [-0.2, 0) is 9.59 Å². The minimum atomic E-state index is -0.652. The third kappa shape index (κ3) is 4.27. The van der Waals surface area contributed by atoms with Crippen LogP contribution in [0.25, 0.3) is 0 Å². The van der Waals surface area contributed by atoms with Crippen LogP contribution in [0.2, 0.25) is 0 Å². The molecule has 0 fully saturated rings. The lowest BCUT2D eigenvalue weighted by Crippen LogP contribution is -2.28. The maximum absolute atomic E-state index is 12.2. The fraction of sp³-hybridized carbons (Fsp3) is 0.150. The Kier molecular flexibility index (Phi) is 5.77. The first-order valence-electron chi connectivity index (χ1n) is 8.86. The number of carbonyl (C=O) groups excluding carboxylic acids is 2. The van der Waals surface area contributed by atoms with E-state index in [0.717, 1.165) is 17.2 Å². The van der Waals surface area contributed by atoms with Gasteiger partial charge in [-0.2, -0.15) is 5.10 Å². The Hall–Kier alpha value is -4.21. The number of nitro benzene ring substituents is 1. The zero-order valence-corrected chi connectivity index (χ0v) is 16.5. The first-order valence-corrected chi connectivity index (χ1v) is 8.86. The van der Waals surface area contributed by atoms with Gasteiger partial charge in [0.15, 0.2) is 0 Å². The maximum Gasteiger partial charge on any atom is 0.311 e. The highest BCUT2D eigenvalue weighted by Crippen LogP contribution is 2.31. The number of amides is 2. The predicted octanol–water partition coefficient (Wildman–Crippen LogP) is 2.62. The third-order valence-electron chi connectivity index (χ3n) is 4.48. The topological polar surface area (TPSA) is 135 Å². The van der Waals surface area contributed by atoms with E-state index in [1.165, 1.54) is 25.5 Å². The fourth-order valence-corrected chi connectivity index (χ4v) is 2.85. The number of hydrogen-bond acceptors (Lipinski definition) is 7. The van der Waals surface area contributed by atoms with Gasteiger partial charge in [-0.3, -0.25) is 19.7 Å². The molecule has 154 valence electrons. The number of aryl methyl sites for hydroxylation is 2. The van der Waals surface area contributed by atoms with Crippen LogP contribution in [0.15, 0.2) is 47.2 Å². The van der Waals surface area contributed by atoms with Crippen molar-refractivity contribution in [1.29, 1.82) is 0 Å². The molecule has 0 radical (unpaired) electrons. The summed E-state index contributed by atoms with van der Waals surface area (Å²) in [6.45, 7) is 3.88. The number of hydrogen-bond donors (Lipinski definition) is 3. The highest BCUT2D eigenvalue weighted by molar-refractivity contribution is 6.14. The van der Waals surface area contributed by atoms with E-state index in [4.69, 9.17) is 4.74 Å². The van der Waals surface area contributed by atoms with Crippen molar-refractivity contribution in [2.45, 2.75) is 13.8 Å². The van der Waals surface area contributed by atoms with Crippen LogP contribution in [0.1, 0.15) is 16.7 Å². The highest BCUT2D eigenvalue weighted by atomic mass is 16.6. The molecule has 1 aliphatic rings.